The van der Waals surface area contributed by atoms with E-state index in [-0.39, 0.29) is 30.8 Å². The molecule has 3 heterocycles. The molecular weight excluding hydrogens is 310 g/mol. The Morgan fingerprint density at radius 3 is 2.42 bits per heavy atom. The minimum atomic E-state index is -0.647. The van der Waals surface area contributed by atoms with Gasteiger partial charge in [0.25, 0.3) is 5.91 Å². The predicted molar refractivity (Wildman–Crippen MR) is 84.0 cm³/mol. The Morgan fingerprint density at radius 1 is 0.958 bits per heavy atom. The molecule has 0 spiro atoms. The van der Waals surface area contributed by atoms with Crippen molar-refractivity contribution in [3.63, 3.8) is 0 Å². The first kappa shape index (κ1) is 15.1. The van der Waals surface area contributed by atoms with Crippen LogP contribution in [0.4, 0.5) is 0 Å². The average Bonchev–Trinajstić information content (AvgIpc) is 3.01. The number of hydrogen-bond donors (Lipinski definition) is 1. The normalized spacial score (nSPS) is 29.5. The van der Waals surface area contributed by atoms with Gasteiger partial charge in [-0.3, -0.25) is 14.4 Å². The fraction of sp³-hybridized carbons (Fsp3) is 0.471. The maximum absolute atomic E-state index is 12.7. The number of carbonyl (C=O) groups is 3. The molecule has 1 N–H and O–H groups in total. The van der Waals surface area contributed by atoms with Crippen LogP contribution in [0.25, 0.3) is 0 Å². The number of piperazine rings is 2. The smallest absolute Gasteiger partial charge is 0.253 e. The highest BCUT2D eigenvalue weighted by Gasteiger charge is 2.51. The summed E-state index contributed by atoms with van der Waals surface area (Å²) in [5, 5.41) is 9.79. The van der Waals surface area contributed by atoms with Crippen LogP contribution in [-0.2, 0) is 9.59 Å². The number of carbonyl (C=O) groups excluding carboxylic acids is 3. The Labute approximate surface area is 139 Å². The molecule has 126 valence electrons. The minimum Gasteiger partial charge on any atom is -0.391 e. The van der Waals surface area contributed by atoms with Crippen LogP contribution < -0.4 is 0 Å². The van der Waals surface area contributed by atoms with Gasteiger partial charge in [-0.1, -0.05) is 18.2 Å². The number of fused-ring (bicyclic) bond motifs is 2. The number of rotatable bonds is 1. The second-order valence-electron chi connectivity index (χ2n) is 6.56. The topological polar surface area (TPSA) is 81.2 Å². The zero-order valence-electron chi connectivity index (χ0n) is 13.2. The predicted octanol–water partition coefficient (Wildman–Crippen LogP) is -0.685. The van der Waals surface area contributed by atoms with Crippen molar-refractivity contribution in [2.45, 2.75) is 24.6 Å². The lowest BCUT2D eigenvalue weighted by Gasteiger charge is -2.47. The van der Waals surface area contributed by atoms with Crippen LogP contribution in [0.3, 0.4) is 0 Å². The molecule has 0 aliphatic carbocycles. The fourth-order valence-electron chi connectivity index (χ4n) is 3.88. The van der Waals surface area contributed by atoms with Gasteiger partial charge in [0.2, 0.25) is 11.8 Å². The summed E-state index contributed by atoms with van der Waals surface area (Å²) in [6.45, 7) is 1.18. The number of aliphatic hydroxyl groups excluding tert-OH is 1. The van der Waals surface area contributed by atoms with Crippen molar-refractivity contribution in [3.05, 3.63) is 35.9 Å². The van der Waals surface area contributed by atoms with E-state index in [1.165, 1.54) is 4.90 Å². The molecule has 1 aromatic carbocycles. The first-order valence-electron chi connectivity index (χ1n) is 8.19. The Balaban J connectivity index is 1.55. The fourth-order valence-corrected chi connectivity index (χ4v) is 3.88. The molecular formula is C17H19N3O4. The van der Waals surface area contributed by atoms with Crippen molar-refractivity contribution >= 4 is 17.7 Å². The van der Waals surface area contributed by atoms with Gasteiger partial charge in [0.1, 0.15) is 12.1 Å². The highest BCUT2D eigenvalue weighted by molar-refractivity contribution is 5.99. The third-order valence-corrected chi connectivity index (χ3v) is 5.10. The summed E-state index contributed by atoms with van der Waals surface area (Å²) in [6.07, 6.45) is -0.341. The SMILES string of the molecule is O=C(c1ccccc1)N1CCN2C(=O)[C@@H]3C[C@@H](O)CN3C(=O)[C@H]2C1. The molecule has 3 atom stereocenters. The molecule has 3 aliphatic rings. The second kappa shape index (κ2) is 5.59. The van der Waals surface area contributed by atoms with Crippen LogP contribution in [0.1, 0.15) is 16.8 Å². The Morgan fingerprint density at radius 2 is 1.67 bits per heavy atom. The summed E-state index contributed by atoms with van der Waals surface area (Å²) in [5.74, 6) is -0.399. The molecule has 0 unspecified atom stereocenters. The summed E-state index contributed by atoms with van der Waals surface area (Å²) in [7, 11) is 0. The number of amides is 3. The second-order valence-corrected chi connectivity index (χ2v) is 6.56. The average molecular weight is 329 g/mol. The molecule has 0 radical (unpaired) electrons. The molecule has 0 saturated carbocycles. The van der Waals surface area contributed by atoms with Gasteiger partial charge in [0.15, 0.2) is 0 Å². The lowest BCUT2D eigenvalue weighted by Crippen LogP contribution is -2.69. The molecule has 24 heavy (non-hydrogen) atoms. The first-order valence-corrected chi connectivity index (χ1v) is 8.19. The number of benzene rings is 1. The summed E-state index contributed by atoms with van der Waals surface area (Å²) in [5.41, 5.74) is 0.579. The third kappa shape index (κ3) is 2.27. The van der Waals surface area contributed by atoms with E-state index in [2.05, 4.69) is 0 Å². The maximum Gasteiger partial charge on any atom is 0.253 e. The van der Waals surface area contributed by atoms with Crippen molar-refractivity contribution in [3.8, 4) is 0 Å². The van der Waals surface area contributed by atoms with Gasteiger partial charge in [-0.2, -0.15) is 0 Å². The van der Waals surface area contributed by atoms with Gasteiger partial charge < -0.3 is 19.8 Å². The zero-order valence-corrected chi connectivity index (χ0v) is 13.2. The molecule has 0 bridgehead atoms. The maximum atomic E-state index is 12.7. The zero-order chi connectivity index (χ0) is 16.8. The van der Waals surface area contributed by atoms with Crippen LogP contribution in [0.5, 0.6) is 0 Å². The van der Waals surface area contributed by atoms with Crippen molar-refractivity contribution in [1.29, 1.82) is 0 Å². The van der Waals surface area contributed by atoms with Crippen LogP contribution >= 0.6 is 0 Å². The Bertz CT molecular complexity index is 692. The van der Waals surface area contributed by atoms with Gasteiger partial charge in [-0.15, -0.1) is 0 Å². The lowest BCUT2D eigenvalue weighted by molar-refractivity contribution is -0.162. The molecule has 7 heteroatoms. The largest absolute Gasteiger partial charge is 0.391 e. The summed E-state index contributed by atoms with van der Waals surface area (Å²) in [4.78, 5) is 42.6. The van der Waals surface area contributed by atoms with E-state index in [0.717, 1.165) is 0 Å². The van der Waals surface area contributed by atoms with Gasteiger partial charge in [-0.05, 0) is 12.1 Å². The van der Waals surface area contributed by atoms with Gasteiger partial charge >= 0.3 is 0 Å². The Hall–Kier alpha value is -2.41. The van der Waals surface area contributed by atoms with Gasteiger partial charge in [0, 0.05) is 31.6 Å². The first-order chi connectivity index (χ1) is 11.6. The lowest BCUT2D eigenvalue weighted by atomic mass is 10.0. The molecule has 3 amide bonds. The molecule has 4 rings (SSSR count). The minimum absolute atomic E-state index is 0.108. The van der Waals surface area contributed by atoms with E-state index in [0.29, 0.717) is 25.1 Å². The monoisotopic (exact) mass is 329 g/mol. The molecule has 0 aromatic heterocycles. The molecule has 7 nitrogen and oxygen atoms in total. The van der Waals surface area contributed by atoms with Crippen LogP contribution in [0.15, 0.2) is 30.3 Å². The molecule has 3 aliphatic heterocycles. The van der Waals surface area contributed by atoms with Crippen molar-refractivity contribution < 1.29 is 19.5 Å². The van der Waals surface area contributed by atoms with Crippen molar-refractivity contribution in [2.75, 3.05) is 26.2 Å². The van der Waals surface area contributed by atoms with E-state index in [1.54, 1.807) is 34.1 Å². The summed E-state index contributed by atoms with van der Waals surface area (Å²) in [6, 6.07) is 7.76. The number of nitrogens with zero attached hydrogens (tertiary/aromatic N) is 3. The van der Waals surface area contributed by atoms with E-state index in [9.17, 15) is 19.5 Å². The number of hydrogen-bond acceptors (Lipinski definition) is 4. The quantitative estimate of drug-likeness (QED) is 0.740. The van der Waals surface area contributed by atoms with Crippen molar-refractivity contribution in [1.82, 2.24) is 14.7 Å². The highest BCUT2D eigenvalue weighted by atomic mass is 16.3. The summed E-state index contributed by atoms with van der Waals surface area (Å²) >= 11 is 0. The van der Waals surface area contributed by atoms with E-state index in [4.69, 9.17) is 0 Å². The van der Waals surface area contributed by atoms with E-state index < -0.39 is 18.2 Å². The van der Waals surface area contributed by atoms with Crippen LogP contribution in [-0.4, -0.2) is 81.9 Å². The molecule has 1 aromatic rings. The van der Waals surface area contributed by atoms with E-state index >= 15 is 0 Å². The summed E-state index contributed by atoms with van der Waals surface area (Å²) < 4.78 is 0. The van der Waals surface area contributed by atoms with E-state index in [1.807, 2.05) is 6.07 Å². The molecule has 3 fully saturated rings. The molecule has 3 saturated heterocycles. The van der Waals surface area contributed by atoms with Crippen LogP contribution in [0, 0.1) is 0 Å². The van der Waals surface area contributed by atoms with Gasteiger partial charge in [-0.25, -0.2) is 0 Å². The highest BCUT2D eigenvalue weighted by Crippen LogP contribution is 2.29. The standard InChI is InChI=1S/C17H19N3O4/c21-12-8-13-16(23)19-7-6-18(10-14(19)17(24)20(13)9-12)15(22)11-4-2-1-3-5-11/h1-5,12-14,21H,6-10H2/t12-,13+,14-/m1/s1. The van der Waals surface area contributed by atoms with Crippen LogP contribution in [0.2, 0.25) is 0 Å². The Kier molecular flexibility index (Phi) is 3.53. The third-order valence-electron chi connectivity index (χ3n) is 5.10. The van der Waals surface area contributed by atoms with Gasteiger partial charge in [0.05, 0.1) is 12.6 Å². The number of aliphatic hydroxyl groups is 1. The van der Waals surface area contributed by atoms with Crippen molar-refractivity contribution in [2.24, 2.45) is 0 Å².